The van der Waals surface area contributed by atoms with Gasteiger partial charge in [-0.25, -0.2) is 0 Å². The van der Waals surface area contributed by atoms with Gasteiger partial charge in [-0.2, -0.15) is 0 Å². The normalized spacial score (nSPS) is 8.79. The van der Waals surface area contributed by atoms with Crippen LogP contribution in [-0.2, 0) is 0 Å². The molecule has 10 nitrogen and oxygen atoms in total. The summed E-state index contributed by atoms with van der Waals surface area (Å²) in [6.07, 6.45) is 7.21. The minimum absolute atomic E-state index is 0. The Morgan fingerprint density at radius 3 is 0.789 bits per heavy atom. The molecule has 4 heterocycles. The summed E-state index contributed by atoms with van der Waals surface area (Å²) in [5.41, 5.74) is 11.0. The number of fused-ring (bicyclic) bond motifs is 6. The lowest BCUT2D eigenvalue weighted by molar-refractivity contribution is -0.453. The third-order valence-corrected chi connectivity index (χ3v) is 4.94. The number of aromatic nitrogens is 4. The van der Waals surface area contributed by atoms with Gasteiger partial charge in [0.05, 0.1) is 22.1 Å². The largest absolute Gasteiger partial charge is 1.00 e. The Labute approximate surface area is 232 Å². The van der Waals surface area contributed by atoms with Crippen molar-refractivity contribution in [3.63, 3.8) is 0 Å². The van der Waals surface area contributed by atoms with Gasteiger partial charge in [0.15, 0.2) is 0 Å². The highest BCUT2D eigenvalue weighted by Crippen LogP contribution is 2.21. The summed E-state index contributed by atoms with van der Waals surface area (Å²) in [5.74, 6) is 0. The van der Waals surface area contributed by atoms with E-state index in [0.717, 1.165) is 56.7 Å². The van der Waals surface area contributed by atoms with E-state index in [4.69, 9.17) is 0 Å². The third-order valence-electron chi connectivity index (χ3n) is 4.94. The summed E-state index contributed by atoms with van der Waals surface area (Å²) < 4.78 is 0. The number of hydrogen-bond donors (Lipinski definition) is 2. The summed E-state index contributed by atoms with van der Waals surface area (Å²) in [4.78, 5) is 17.4. The Morgan fingerprint density at radius 2 is 0.605 bits per heavy atom. The monoisotopic (exact) mass is 564 g/mol. The van der Waals surface area contributed by atoms with E-state index < -0.39 is 0 Å². The van der Waals surface area contributed by atoms with Crippen molar-refractivity contribution in [3.05, 3.63) is 97.6 Å². The second kappa shape index (κ2) is 19.5. The van der Waals surface area contributed by atoms with Gasteiger partial charge in [-0.15, -0.1) is 0 Å². The fourth-order valence-corrected chi connectivity index (χ4v) is 3.36. The molecule has 6 aromatic rings. The molecular formula is C26H34Cl2N6O4. The van der Waals surface area contributed by atoms with E-state index in [1.54, 1.807) is 24.8 Å². The van der Waals surface area contributed by atoms with Crippen molar-refractivity contribution in [2.75, 3.05) is 13.1 Å². The smallest absolute Gasteiger partial charge is 0.124 e. The van der Waals surface area contributed by atoms with Gasteiger partial charge in [-0.3, -0.25) is 19.9 Å². The maximum Gasteiger partial charge on any atom is 0.124 e. The minimum Gasteiger partial charge on any atom is -1.00 e. The van der Waals surface area contributed by atoms with Gasteiger partial charge < -0.3 is 58.2 Å². The Morgan fingerprint density at radius 1 is 0.395 bits per heavy atom. The second-order valence-electron chi connectivity index (χ2n) is 7.14. The van der Waals surface area contributed by atoms with Gasteiger partial charge in [0.1, 0.15) is 13.1 Å². The third kappa shape index (κ3) is 9.06. The van der Waals surface area contributed by atoms with Gasteiger partial charge in [0, 0.05) is 46.3 Å². The van der Waals surface area contributed by atoms with Crippen molar-refractivity contribution >= 4 is 43.6 Å². The molecule has 0 unspecified atom stereocenters. The van der Waals surface area contributed by atoms with Crippen LogP contribution >= 0.6 is 0 Å². The zero-order valence-corrected chi connectivity index (χ0v) is 22.1. The predicted octanol–water partition coefficient (Wildman–Crippen LogP) is -6.25. The predicted molar refractivity (Wildman–Crippen MR) is 144 cm³/mol. The number of rotatable bonds is 1. The quantitative estimate of drug-likeness (QED) is 0.185. The first-order valence-electron chi connectivity index (χ1n) is 10.6. The first-order chi connectivity index (χ1) is 15.8. The minimum atomic E-state index is 0. The molecule has 12 heteroatoms. The highest BCUT2D eigenvalue weighted by atomic mass is 35.5. The van der Waals surface area contributed by atoms with E-state index in [0.29, 0.717) is 0 Å². The summed E-state index contributed by atoms with van der Waals surface area (Å²) in [7, 11) is 0. The first kappa shape index (κ1) is 38.9. The van der Waals surface area contributed by atoms with Crippen LogP contribution in [0.4, 0.5) is 0 Å². The van der Waals surface area contributed by atoms with Crippen LogP contribution in [0.15, 0.2) is 97.6 Å². The lowest BCUT2D eigenvalue weighted by Gasteiger charge is -2.00. The van der Waals surface area contributed by atoms with Crippen LogP contribution in [0.2, 0.25) is 0 Å². The van der Waals surface area contributed by atoms with Crippen molar-refractivity contribution in [1.82, 2.24) is 19.9 Å². The molecule has 2 aromatic carbocycles. The zero-order chi connectivity index (χ0) is 22.2. The van der Waals surface area contributed by atoms with Crippen molar-refractivity contribution in [3.8, 4) is 0 Å². The van der Waals surface area contributed by atoms with Crippen LogP contribution in [0.5, 0.6) is 0 Å². The maximum atomic E-state index is 4.35. The molecule has 6 rings (SSSR count). The molecule has 0 bridgehead atoms. The lowest BCUT2D eigenvalue weighted by atomic mass is 10.1. The number of hydrogen-bond acceptors (Lipinski definition) is 4. The van der Waals surface area contributed by atoms with Crippen LogP contribution in [0.1, 0.15) is 0 Å². The average Bonchev–Trinajstić information content (AvgIpc) is 2.89. The maximum absolute atomic E-state index is 4.35. The van der Waals surface area contributed by atoms with Gasteiger partial charge in [0.25, 0.3) is 0 Å². The molecule has 206 valence electrons. The average molecular weight is 566 g/mol. The van der Waals surface area contributed by atoms with E-state index >= 15 is 0 Å². The molecule has 0 saturated carbocycles. The molecule has 0 spiro atoms. The fraction of sp³-hybridized carbons (Fsp3) is 0.0769. The van der Waals surface area contributed by atoms with Crippen molar-refractivity contribution in [2.45, 2.75) is 0 Å². The Bertz CT molecular complexity index is 1270. The molecular weight excluding hydrogens is 531 g/mol. The first-order valence-corrected chi connectivity index (χ1v) is 10.6. The zero-order valence-electron chi connectivity index (χ0n) is 20.6. The molecule has 0 aliphatic heterocycles. The van der Waals surface area contributed by atoms with E-state index in [-0.39, 0.29) is 46.7 Å². The van der Waals surface area contributed by atoms with E-state index in [1.165, 1.54) is 0 Å². The number of benzene rings is 2. The van der Waals surface area contributed by atoms with Gasteiger partial charge >= 0.3 is 0 Å². The van der Waals surface area contributed by atoms with Crippen LogP contribution in [0.25, 0.3) is 43.6 Å². The highest BCUT2D eigenvalue weighted by molar-refractivity contribution is 6.03. The van der Waals surface area contributed by atoms with Crippen molar-refractivity contribution in [2.24, 2.45) is 0 Å². The Kier molecular flexibility index (Phi) is 20.0. The highest BCUT2D eigenvalue weighted by Gasteiger charge is 2.01. The molecule has 0 saturated heterocycles. The molecule has 0 fully saturated rings. The Hall–Kier alpha value is -3.58. The number of nitrogens with zero attached hydrogens (tertiary/aromatic N) is 4. The summed E-state index contributed by atoms with van der Waals surface area (Å²) in [5, 5.41) is 4.55. The number of quaternary nitrogens is 2. The van der Waals surface area contributed by atoms with Crippen molar-refractivity contribution in [1.29, 1.82) is 0 Å². The molecule has 0 amide bonds. The Balaban J connectivity index is -0.000000498. The summed E-state index contributed by atoms with van der Waals surface area (Å²) >= 11 is 0. The molecule has 0 atom stereocenters. The summed E-state index contributed by atoms with van der Waals surface area (Å²) in [6.45, 7) is 1.92. The van der Waals surface area contributed by atoms with Crippen LogP contribution in [0.3, 0.4) is 0 Å². The van der Waals surface area contributed by atoms with Crippen LogP contribution in [0, 0.1) is 0 Å². The lowest BCUT2D eigenvalue weighted by Crippen LogP contribution is -3.00. The van der Waals surface area contributed by atoms with E-state index in [1.807, 2.05) is 24.3 Å². The molecule has 4 aromatic heterocycles. The molecule has 0 aliphatic carbocycles. The van der Waals surface area contributed by atoms with E-state index in [2.05, 4.69) is 79.9 Å². The fourth-order valence-electron chi connectivity index (χ4n) is 3.36. The second-order valence-corrected chi connectivity index (χ2v) is 7.14. The molecule has 0 aliphatic rings. The van der Waals surface area contributed by atoms with Gasteiger partial charge in [0.2, 0.25) is 0 Å². The molecule has 14 N–H and O–H groups in total. The van der Waals surface area contributed by atoms with E-state index in [9.17, 15) is 0 Å². The van der Waals surface area contributed by atoms with Crippen LogP contribution in [-0.4, -0.2) is 54.9 Å². The molecule has 38 heavy (non-hydrogen) atoms. The SMILES string of the molecule is O.O.O.O.[Cl-].[Cl-].[NH3+]CC[NH3+].c1cnc2c(c1)ccc1cccnc12.c1cnc2c(c1)ccc1cccnc12. The molecule has 0 radical (unpaired) electrons. The van der Waals surface area contributed by atoms with Gasteiger partial charge in [-0.05, 0) is 24.3 Å². The number of pyridine rings is 4. The van der Waals surface area contributed by atoms with Gasteiger partial charge in [-0.1, -0.05) is 48.5 Å². The number of halogens is 2. The topological polar surface area (TPSA) is 233 Å². The standard InChI is InChI=1S/2C12H8N2.C2H8N2.2ClH.4H2O/c2*1-3-9-5-6-10-4-2-8-14-12(10)11(9)13-7-1;3-1-2-4;;;;;;/h2*1-8H;1-4H2;2*1H;4*1H2. The summed E-state index contributed by atoms with van der Waals surface area (Å²) in [6, 6.07) is 24.3. The van der Waals surface area contributed by atoms with Crippen molar-refractivity contribution < 1.29 is 58.2 Å². The van der Waals surface area contributed by atoms with Crippen LogP contribution < -0.4 is 36.3 Å².